The molecule has 7 heteroatoms. The first-order valence-corrected chi connectivity index (χ1v) is 12.0. The Balaban J connectivity index is 1.10. The van der Waals surface area contributed by atoms with E-state index in [2.05, 4.69) is 9.88 Å². The number of hydrogen-bond acceptors (Lipinski definition) is 5. The van der Waals surface area contributed by atoms with E-state index in [0.717, 1.165) is 68.3 Å². The van der Waals surface area contributed by atoms with Crippen LogP contribution < -0.4 is 4.74 Å². The van der Waals surface area contributed by atoms with Crippen molar-refractivity contribution in [1.82, 2.24) is 19.4 Å². The van der Waals surface area contributed by atoms with Gasteiger partial charge in [0.25, 0.3) is 11.1 Å². The number of aromatic nitrogens is 2. The van der Waals surface area contributed by atoms with Gasteiger partial charge in [-0.2, -0.15) is 0 Å². The standard InChI is InChI=1S/C24H28N4O2S/c29-23(19-3-5-20(6-4-19)26-12-1-2-13-26)28-14-7-21(8-15-28)27-16-9-22(10-17-27)30-24-25-11-18-31-24/h1-6,11-13,18,21-22H,7-10,14-17H2. The SMILES string of the molecule is O=C(c1ccc(-n2cccc2)cc1)N1CCC(N2CCC(Oc3nccs3)CC2)CC1. The molecule has 0 N–H and O–H groups in total. The summed E-state index contributed by atoms with van der Waals surface area (Å²) in [5.41, 5.74) is 1.84. The molecule has 2 aromatic heterocycles. The van der Waals surface area contributed by atoms with E-state index in [1.807, 2.05) is 63.6 Å². The first-order chi connectivity index (χ1) is 15.3. The fourth-order valence-electron chi connectivity index (χ4n) is 4.67. The zero-order chi connectivity index (χ0) is 21.0. The summed E-state index contributed by atoms with van der Waals surface area (Å²) in [6, 6.07) is 12.5. The van der Waals surface area contributed by atoms with E-state index in [-0.39, 0.29) is 12.0 Å². The van der Waals surface area contributed by atoms with Crippen molar-refractivity contribution in [2.24, 2.45) is 0 Å². The maximum Gasteiger partial charge on any atom is 0.273 e. The summed E-state index contributed by atoms with van der Waals surface area (Å²) in [7, 11) is 0. The Morgan fingerprint density at radius 3 is 2.32 bits per heavy atom. The Kier molecular flexibility index (Phi) is 6.04. The summed E-state index contributed by atoms with van der Waals surface area (Å²) in [4.78, 5) is 21.8. The van der Waals surface area contributed by atoms with Gasteiger partial charge in [0.05, 0.1) is 0 Å². The summed E-state index contributed by atoms with van der Waals surface area (Å²) in [6.07, 6.45) is 10.3. The fourth-order valence-corrected chi connectivity index (χ4v) is 5.22. The number of rotatable bonds is 5. The molecule has 2 saturated heterocycles. The number of benzene rings is 1. The summed E-state index contributed by atoms with van der Waals surface area (Å²) in [5, 5.41) is 2.74. The molecule has 0 atom stereocenters. The number of thiazole rings is 1. The molecule has 0 unspecified atom stereocenters. The van der Waals surface area contributed by atoms with Gasteiger partial charge in [0.1, 0.15) is 6.10 Å². The summed E-state index contributed by atoms with van der Waals surface area (Å²) < 4.78 is 8.03. The Labute approximate surface area is 187 Å². The van der Waals surface area contributed by atoms with Gasteiger partial charge in [-0.05, 0) is 62.1 Å². The van der Waals surface area contributed by atoms with Crippen molar-refractivity contribution in [3.05, 3.63) is 65.9 Å². The van der Waals surface area contributed by atoms with E-state index < -0.39 is 0 Å². The summed E-state index contributed by atoms with van der Waals surface area (Å²) in [5.74, 6) is 0.146. The number of ether oxygens (including phenoxy) is 1. The number of nitrogens with zero attached hydrogens (tertiary/aromatic N) is 4. The lowest BCUT2D eigenvalue weighted by Crippen LogP contribution is -2.50. The molecule has 2 fully saturated rings. The molecule has 0 bridgehead atoms. The van der Waals surface area contributed by atoms with Crippen molar-refractivity contribution in [1.29, 1.82) is 0 Å². The van der Waals surface area contributed by atoms with Crippen LogP contribution >= 0.6 is 11.3 Å². The van der Waals surface area contributed by atoms with Crippen LogP contribution in [-0.4, -0.2) is 63.6 Å². The van der Waals surface area contributed by atoms with Crippen molar-refractivity contribution < 1.29 is 9.53 Å². The lowest BCUT2D eigenvalue weighted by Gasteiger charge is -2.41. The van der Waals surface area contributed by atoms with Gasteiger partial charge in [-0.3, -0.25) is 9.69 Å². The van der Waals surface area contributed by atoms with Crippen molar-refractivity contribution in [2.45, 2.75) is 37.8 Å². The van der Waals surface area contributed by atoms with E-state index in [4.69, 9.17) is 4.74 Å². The smallest absolute Gasteiger partial charge is 0.273 e. The lowest BCUT2D eigenvalue weighted by atomic mass is 9.98. The number of likely N-dealkylation sites (tertiary alicyclic amines) is 2. The average Bonchev–Trinajstić information content (AvgIpc) is 3.54. The van der Waals surface area contributed by atoms with Crippen molar-refractivity contribution in [3.8, 4) is 10.9 Å². The highest BCUT2D eigenvalue weighted by Gasteiger charge is 2.30. The molecule has 4 heterocycles. The quantitative estimate of drug-likeness (QED) is 0.605. The minimum absolute atomic E-state index is 0.146. The van der Waals surface area contributed by atoms with Gasteiger partial charge in [0.2, 0.25) is 0 Å². The van der Waals surface area contributed by atoms with Gasteiger partial charge < -0.3 is 14.2 Å². The molecular formula is C24H28N4O2S. The zero-order valence-corrected chi connectivity index (χ0v) is 18.4. The van der Waals surface area contributed by atoms with Crippen LogP contribution in [0.1, 0.15) is 36.0 Å². The second kappa shape index (κ2) is 9.24. The number of carbonyl (C=O) groups is 1. The van der Waals surface area contributed by atoms with Gasteiger partial charge in [0.15, 0.2) is 0 Å². The number of carbonyl (C=O) groups excluding carboxylic acids is 1. The Bertz CT molecular complexity index is 956. The summed E-state index contributed by atoms with van der Waals surface area (Å²) >= 11 is 1.56. The predicted octanol–water partition coefficient (Wildman–Crippen LogP) is 4.08. The van der Waals surface area contributed by atoms with Crippen LogP contribution in [-0.2, 0) is 0 Å². The van der Waals surface area contributed by atoms with Crippen molar-refractivity contribution in [3.63, 3.8) is 0 Å². The van der Waals surface area contributed by atoms with Gasteiger partial charge in [0, 0.05) is 67.4 Å². The van der Waals surface area contributed by atoms with Gasteiger partial charge >= 0.3 is 0 Å². The fraction of sp³-hybridized carbons (Fsp3) is 0.417. The second-order valence-corrected chi connectivity index (χ2v) is 9.17. The van der Waals surface area contributed by atoms with E-state index in [9.17, 15) is 4.79 Å². The number of piperidine rings is 2. The van der Waals surface area contributed by atoms with E-state index in [1.165, 1.54) is 0 Å². The monoisotopic (exact) mass is 436 g/mol. The molecule has 31 heavy (non-hydrogen) atoms. The van der Waals surface area contributed by atoms with Crippen LogP contribution in [0, 0.1) is 0 Å². The summed E-state index contributed by atoms with van der Waals surface area (Å²) in [6.45, 7) is 3.79. The van der Waals surface area contributed by atoms with Crippen molar-refractivity contribution in [2.75, 3.05) is 26.2 Å². The van der Waals surface area contributed by atoms with Crippen LogP contribution in [0.4, 0.5) is 0 Å². The maximum absolute atomic E-state index is 13.0. The minimum atomic E-state index is 0.146. The molecule has 2 aliphatic heterocycles. The highest BCUT2D eigenvalue weighted by atomic mass is 32.1. The largest absolute Gasteiger partial charge is 0.467 e. The topological polar surface area (TPSA) is 50.6 Å². The average molecular weight is 437 g/mol. The van der Waals surface area contributed by atoms with Crippen LogP contribution in [0.5, 0.6) is 5.19 Å². The Hall–Kier alpha value is -2.64. The third-order valence-corrected chi connectivity index (χ3v) is 7.10. The molecule has 5 rings (SSSR count). The number of amides is 1. The van der Waals surface area contributed by atoms with E-state index >= 15 is 0 Å². The zero-order valence-electron chi connectivity index (χ0n) is 17.6. The Morgan fingerprint density at radius 1 is 0.968 bits per heavy atom. The molecule has 6 nitrogen and oxygen atoms in total. The van der Waals surface area contributed by atoms with E-state index in [1.54, 1.807) is 17.5 Å². The molecule has 1 aromatic carbocycles. The molecule has 1 amide bonds. The molecule has 0 spiro atoms. The van der Waals surface area contributed by atoms with Crippen LogP contribution in [0.15, 0.2) is 60.4 Å². The molecule has 3 aromatic rings. The first-order valence-electron chi connectivity index (χ1n) is 11.1. The molecule has 162 valence electrons. The van der Waals surface area contributed by atoms with Crippen LogP contribution in [0.2, 0.25) is 0 Å². The first kappa shape index (κ1) is 20.3. The van der Waals surface area contributed by atoms with Crippen molar-refractivity contribution >= 4 is 17.2 Å². The normalized spacial score (nSPS) is 18.9. The third kappa shape index (κ3) is 4.67. The highest BCUT2D eigenvalue weighted by molar-refractivity contribution is 7.11. The molecule has 2 aliphatic rings. The Morgan fingerprint density at radius 2 is 1.68 bits per heavy atom. The highest BCUT2D eigenvalue weighted by Crippen LogP contribution is 2.25. The maximum atomic E-state index is 13.0. The van der Waals surface area contributed by atoms with Gasteiger partial charge in [-0.25, -0.2) is 4.98 Å². The minimum Gasteiger partial charge on any atom is -0.467 e. The number of hydrogen-bond donors (Lipinski definition) is 0. The molecule has 0 radical (unpaired) electrons. The second-order valence-electron chi connectivity index (χ2n) is 8.31. The predicted molar refractivity (Wildman–Crippen MR) is 122 cm³/mol. The van der Waals surface area contributed by atoms with Gasteiger partial charge in [-0.1, -0.05) is 11.3 Å². The van der Waals surface area contributed by atoms with E-state index in [0.29, 0.717) is 6.04 Å². The molecule has 0 saturated carbocycles. The molecule has 0 aliphatic carbocycles. The van der Waals surface area contributed by atoms with Gasteiger partial charge in [-0.15, -0.1) is 0 Å². The van der Waals surface area contributed by atoms with Crippen LogP contribution in [0.3, 0.4) is 0 Å². The van der Waals surface area contributed by atoms with Crippen LogP contribution in [0.25, 0.3) is 5.69 Å². The molecular weight excluding hydrogens is 408 g/mol. The third-order valence-electron chi connectivity index (χ3n) is 6.44. The lowest BCUT2D eigenvalue weighted by molar-refractivity contribution is 0.0425.